The fraction of sp³-hybridized carbons (Fsp3) is 0.700. The van der Waals surface area contributed by atoms with Gasteiger partial charge in [0.15, 0.2) is 5.82 Å². The number of carbonyl (C=O) groups excluding carboxylic acids is 1. The number of nitrogens with zero attached hydrogens (tertiary/aromatic N) is 2. The van der Waals surface area contributed by atoms with Gasteiger partial charge in [0, 0.05) is 19.1 Å². The average Bonchev–Trinajstić information content (AvgIpc) is 2.65. The highest BCUT2D eigenvalue weighted by molar-refractivity contribution is 5.82. The van der Waals surface area contributed by atoms with Gasteiger partial charge in [0.1, 0.15) is 5.78 Å². The number of carbonyl (C=O) groups is 1. The van der Waals surface area contributed by atoms with Crippen molar-refractivity contribution >= 4 is 5.78 Å². The van der Waals surface area contributed by atoms with Gasteiger partial charge in [-0.25, -0.2) is 0 Å². The highest BCUT2D eigenvalue weighted by Gasteiger charge is 2.23. The normalized spacial score (nSPS) is 17.9. The average molecular weight is 210 g/mol. The molecular formula is C10H14N2O3. The van der Waals surface area contributed by atoms with Gasteiger partial charge in [0.25, 0.3) is 0 Å². The summed E-state index contributed by atoms with van der Waals surface area (Å²) in [7, 11) is 0. The maximum Gasteiger partial charge on any atom is 0.234 e. The lowest BCUT2D eigenvalue weighted by Crippen LogP contribution is -2.24. The summed E-state index contributed by atoms with van der Waals surface area (Å²) < 4.78 is 10.1. The Morgan fingerprint density at radius 3 is 2.80 bits per heavy atom. The lowest BCUT2D eigenvalue weighted by molar-refractivity contribution is -0.125. The van der Waals surface area contributed by atoms with Crippen LogP contribution in [0.25, 0.3) is 0 Å². The van der Waals surface area contributed by atoms with Gasteiger partial charge in [0.2, 0.25) is 5.89 Å². The largest absolute Gasteiger partial charge is 0.381 e. The lowest BCUT2D eigenvalue weighted by atomic mass is 9.93. The highest BCUT2D eigenvalue weighted by atomic mass is 16.5. The smallest absolute Gasteiger partial charge is 0.234 e. The third-order valence-electron chi connectivity index (χ3n) is 2.57. The summed E-state index contributed by atoms with van der Waals surface area (Å²) in [4.78, 5) is 15.8. The number of hydrogen-bond acceptors (Lipinski definition) is 5. The van der Waals surface area contributed by atoms with E-state index < -0.39 is 0 Å². The van der Waals surface area contributed by atoms with E-state index in [1.165, 1.54) is 0 Å². The first-order chi connectivity index (χ1) is 7.25. The van der Waals surface area contributed by atoms with Crippen molar-refractivity contribution in [2.45, 2.75) is 26.2 Å². The third-order valence-corrected chi connectivity index (χ3v) is 2.57. The van der Waals surface area contributed by atoms with Gasteiger partial charge in [0.05, 0.1) is 6.42 Å². The summed E-state index contributed by atoms with van der Waals surface area (Å²) >= 11 is 0. The molecule has 2 heterocycles. The molecule has 0 unspecified atom stereocenters. The second-order valence-corrected chi connectivity index (χ2v) is 3.77. The first-order valence-electron chi connectivity index (χ1n) is 5.15. The van der Waals surface area contributed by atoms with Crippen LogP contribution in [0, 0.1) is 12.8 Å². The Morgan fingerprint density at radius 1 is 1.47 bits per heavy atom. The molecule has 5 heteroatoms. The van der Waals surface area contributed by atoms with E-state index in [2.05, 4.69) is 10.1 Å². The molecule has 0 radical (unpaired) electrons. The summed E-state index contributed by atoms with van der Waals surface area (Å²) in [6, 6.07) is 0. The lowest BCUT2D eigenvalue weighted by Gasteiger charge is -2.19. The topological polar surface area (TPSA) is 65.2 Å². The second kappa shape index (κ2) is 4.53. The van der Waals surface area contributed by atoms with Crippen LogP contribution in [0.5, 0.6) is 0 Å². The standard InChI is InChI=1S/C10H14N2O3/c1-7-11-10(15-12-7)6-9(13)8-2-4-14-5-3-8/h8H,2-6H2,1H3. The summed E-state index contributed by atoms with van der Waals surface area (Å²) in [5, 5.41) is 3.65. The molecule has 1 aliphatic rings. The predicted molar refractivity (Wildman–Crippen MR) is 51.3 cm³/mol. The van der Waals surface area contributed by atoms with Crippen LogP contribution in [0.4, 0.5) is 0 Å². The van der Waals surface area contributed by atoms with Crippen molar-refractivity contribution in [2.24, 2.45) is 5.92 Å². The minimum Gasteiger partial charge on any atom is -0.381 e. The number of hydrogen-bond donors (Lipinski definition) is 0. The first kappa shape index (κ1) is 10.3. The zero-order chi connectivity index (χ0) is 10.7. The summed E-state index contributed by atoms with van der Waals surface area (Å²) in [6.45, 7) is 3.10. The minimum absolute atomic E-state index is 0.103. The van der Waals surface area contributed by atoms with Crippen molar-refractivity contribution in [1.29, 1.82) is 0 Å². The van der Waals surface area contributed by atoms with Gasteiger partial charge in [-0.05, 0) is 19.8 Å². The molecule has 0 aliphatic carbocycles. The molecule has 1 aliphatic heterocycles. The number of rotatable bonds is 3. The molecule has 0 spiro atoms. The minimum atomic E-state index is 0.103. The van der Waals surface area contributed by atoms with E-state index in [0.717, 1.165) is 12.8 Å². The Labute approximate surface area is 87.8 Å². The Kier molecular flexibility index (Phi) is 3.11. The number of aryl methyl sites for hydroxylation is 1. The predicted octanol–water partition coefficient (Wildman–Crippen LogP) is 0.916. The van der Waals surface area contributed by atoms with Gasteiger partial charge in [-0.2, -0.15) is 4.98 Å². The van der Waals surface area contributed by atoms with Crippen molar-refractivity contribution < 1.29 is 14.1 Å². The fourth-order valence-electron chi connectivity index (χ4n) is 1.72. The van der Waals surface area contributed by atoms with Crippen molar-refractivity contribution in [3.05, 3.63) is 11.7 Å². The van der Waals surface area contributed by atoms with Crippen LogP contribution >= 0.6 is 0 Å². The molecule has 82 valence electrons. The van der Waals surface area contributed by atoms with Crippen LogP contribution in [0.15, 0.2) is 4.52 Å². The number of ketones is 1. The molecule has 0 aromatic carbocycles. The molecule has 1 aromatic heterocycles. The van der Waals surface area contributed by atoms with Crippen molar-refractivity contribution in [3.8, 4) is 0 Å². The van der Waals surface area contributed by atoms with Crippen LogP contribution in [0.2, 0.25) is 0 Å². The molecule has 0 amide bonds. The number of aromatic nitrogens is 2. The zero-order valence-electron chi connectivity index (χ0n) is 8.73. The van der Waals surface area contributed by atoms with Gasteiger partial charge >= 0.3 is 0 Å². The maximum atomic E-state index is 11.8. The van der Waals surface area contributed by atoms with E-state index in [0.29, 0.717) is 24.9 Å². The first-order valence-corrected chi connectivity index (χ1v) is 5.15. The van der Waals surface area contributed by atoms with Crippen molar-refractivity contribution in [3.63, 3.8) is 0 Å². The second-order valence-electron chi connectivity index (χ2n) is 3.77. The number of ether oxygens (including phenoxy) is 1. The van der Waals surface area contributed by atoms with Crippen molar-refractivity contribution in [2.75, 3.05) is 13.2 Å². The molecule has 0 atom stereocenters. The summed E-state index contributed by atoms with van der Waals surface area (Å²) in [6.07, 6.45) is 1.88. The molecule has 1 aromatic rings. The van der Waals surface area contributed by atoms with Crippen LogP contribution in [0.3, 0.4) is 0 Å². The molecule has 0 bridgehead atoms. The van der Waals surface area contributed by atoms with Crippen LogP contribution in [0.1, 0.15) is 24.6 Å². The maximum absolute atomic E-state index is 11.8. The Hall–Kier alpha value is -1.23. The molecule has 15 heavy (non-hydrogen) atoms. The Morgan fingerprint density at radius 2 is 2.20 bits per heavy atom. The summed E-state index contributed by atoms with van der Waals surface area (Å²) in [5.74, 6) is 1.28. The van der Waals surface area contributed by atoms with Crippen LogP contribution in [-0.4, -0.2) is 29.1 Å². The van der Waals surface area contributed by atoms with E-state index in [9.17, 15) is 4.79 Å². The van der Waals surface area contributed by atoms with Gasteiger partial charge < -0.3 is 9.26 Å². The molecule has 1 saturated heterocycles. The van der Waals surface area contributed by atoms with Gasteiger partial charge in [-0.1, -0.05) is 5.16 Å². The highest BCUT2D eigenvalue weighted by Crippen LogP contribution is 2.17. The van der Waals surface area contributed by atoms with Crippen molar-refractivity contribution in [1.82, 2.24) is 10.1 Å². The zero-order valence-corrected chi connectivity index (χ0v) is 8.73. The molecule has 1 fully saturated rings. The van der Waals surface area contributed by atoms with E-state index in [-0.39, 0.29) is 18.1 Å². The van der Waals surface area contributed by atoms with Gasteiger partial charge in [-0.15, -0.1) is 0 Å². The Bertz CT molecular complexity index is 342. The van der Waals surface area contributed by atoms with Crippen LogP contribution < -0.4 is 0 Å². The number of Topliss-reactive ketones (excluding diaryl/α,β-unsaturated/α-hetero) is 1. The SMILES string of the molecule is Cc1noc(CC(=O)C2CCOCC2)n1. The third kappa shape index (κ3) is 2.62. The van der Waals surface area contributed by atoms with E-state index in [1.807, 2.05) is 0 Å². The van der Waals surface area contributed by atoms with Crippen LogP contribution in [-0.2, 0) is 16.0 Å². The molecule has 0 N–H and O–H groups in total. The molecule has 2 rings (SSSR count). The molecule has 0 saturated carbocycles. The summed E-state index contributed by atoms with van der Waals surface area (Å²) in [5.41, 5.74) is 0. The Balaban J connectivity index is 1.91. The van der Waals surface area contributed by atoms with E-state index >= 15 is 0 Å². The molecular weight excluding hydrogens is 196 g/mol. The van der Waals surface area contributed by atoms with E-state index in [4.69, 9.17) is 9.26 Å². The fourth-order valence-corrected chi connectivity index (χ4v) is 1.72. The monoisotopic (exact) mass is 210 g/mol. The van der Waals surface area contributed by atoms with E-state index in [1.54, 1.807) is 6.92 Å². The van der Waals surface area contributed by atoms with Gasteiger partial charge in [-0.3, -0.25) is 4.79 Å². The molecule has 5 nitrogen and oxygen atoms in total. The quantitative estimate of drug-likeness (QED) is 0.742.